The third-order valence-corrected chi connectivity index (χ3v) is 4.17. The van der Waals surface area contributed by atoms with Crippen molar-refractivity contribution < 1.29 is 9.53 Å². The van der Waals surface area contributed by atoms with Crippen LogP contribution in [0.25, 0.3) is 0 Å². The average Bonchev–Trinajstić information content (AvgIpc) is 2.54. The zero-order valence-corrected chi connectivity index (χ0v) is 13.8. The van der Waals surface area contributed by atoms with Gasteiger partial charge in [0.25, 0.3) is 5.91 Å². The van der Waals surface area contributed by atoms with Gasteiger partial charge in [0, 0.05) is 6.54 Å². The van der Waals surface area contributed by atoms with Gasteiger partial charge in [-0.15, -0.1) is 0 Å². The van der Waals surface area contributed by atoms with Crippen LogP contribution in [0.5, 0.6) is 5.75 Å². The summed E-state index contributed by atoms with van der Waals surface area (Å²) in [5.74, 6) is 0.736. The van der Waals surface area contributed by atoms with E-state index < -0.39 is 6.10 Å². The predicted molar refractivity (Wildman–Crippen MR) is 89.2 cm³/mol. The molecule has 0 aromatic heterocycles. The number of rotatable bonds is 7. The fourth-order valence-corrected chi connectivity index (χ4v) is 2.77. The highest BCUT2D eigenvalue weighted by atomic mass is 16.5. The maximum absolute atomic E-state index is 12.1. The van der Waals surface area contributed by atoms with Crippen LogP contribution in [0.4, 0.5) is 0 Å². The second-order valence-electron chi connectivity index (χ2n) is 6.07. The molecular weight excluding hydrogens is 276 g/mol. The van der Waals surface area contributed by atoms with Crippen molar-refractivity contribution in [2.75, 3.05) is 26.2 Å². The number of carbonyl (C=O) groups excluding carboxylic acids is 1. The fourth-order valence-electron chi connectivity index (χ4n) is 2.77. The van der Waals surface area contributed by atoms with Crippen molar-refractivity contribution in [1.29, 1.82) is 0 Å². The number of carbonyl (C=O) groups is 1. The topological polar surface area (TPSA) is 41.6 Å². The Hall–Kier alpha value is -1.55. The van der Waals surface area contributed by atoms with Crippen LogP contribution in [0.2, 0.25) is 0 Å². The van der Waals surface area contributed by atoms with Crippen molar-refractivity contribution in [2.45, 2.75) is 45.6 Å². The maximum atomic E-state index is 12.1. The Morgan fingerprint density at radius 1 is 1.27 bits per heavy atom. The van der Waals surface area contributed by atoms with E-state index in [0.717, 1.165) is 30.8 Å². The van der Waals surface area contributed by atoms with Gasteiger partial charge in [-0.2, -0.15) is 0 Å². The van der Waals surface area contributed by atoms with Crippen LogP contribution < -0.4 is 10.1 Å². The zero-order chi connectivity index (χ0) is 15.8. The summed E-state index contributed by atoms with van der Waals surface area (Å²) >= 11 is 0. The van der Waals surface area contributed by atoms with Gasteiger partial charge in [0.05, 0.1) is 0 Å². The molecule has 1 saturated heterocycles. The second-order valence-corrected chi connectivity index (χ2v) is 6.07. The third-order valence-electron chi connectivity index (χ3n) is 4.17. The molecule has 1 fully saturated rings. The predicted octanol–water partition coefficient (Wildman–Crippen LogP) is 2.75. The highest BCUT2D eigenvalue weighted by Gasteiger charge is 2.15. The number of para-hydroxylation sites is 1. The van der Waals surface area contributed by atoms with Gasteiger partial charge in [-0.1, -0.05) is 24.6 Å². The largest absolute Gasteiger partial charge is 0.481 e. The van der Waals surface area contributed by atoms with Crippen LogP contribution in [0.15, 0.2) is 24.3 Å². The van der Waals surface area contributed by atoms with E-state index in [4.69, 9.17) is 4.74 Å². The molecule has 122 valence electrons. The van der Waals surface area contributed by atoms with Gasteiger partial charge in [0.15, 0.2) is 6.10 Å². The zero-order valence-electron chi connectivity index (χ0n) is 13.8. The second kappa shape index (κ2) is 8.79. The first-order valence-electron chi connectivity index (χ1n) is 8.39. The number of hydrogen-bond donors (Lipinski definition) is 1. The highest BCUT2D eigenvalue weighted by molar-refractivity contribution is 5.80. The summed E-state index contributed by atoms with van der Waals surface area (Å²) in [5, 5.41) is 2.97. The summed E-state index contributed by atoms with van der Waals surface area (Å²) in [5.41, 5.74) is 1.05. The van der Waals surface area contributed by atoms with Gasteiger partial charge in [-0.25, -0.2) is 0 Å². The number of piperidine rings is 1. The molecule has 0 saturated carbocycles. The summed E-state index contributed by atoms with van der Waals surface area (Å²) in [7, 11) is 0. The summed E-state index contributed by atoms with van der Waals surface area (Å²) in [6.07, 6.45) is 4.53. The number of nitrogens with one attached hydrogen (secondary N) is 1. The van der Waals surface area contributed by atoms with E-state index in [1.807, 2.05) is 31.2 Å². The van der Waals surface area contributed by atoms with Crippen molar-refractivity contribution >= 4 is 5.91 Å². The lowest BCUT2D eigenvalue weighted by atomic mass is 10.1. The van der Waals surface area contributed by atoms with Crippen LogP contribution in [0, 0.1) is 6.92 Å². The minimum atomic E-state index is -0.462. The minimum Gasteiger partial charge on any atom is -0.481 e. The van der Waals surface area contributed by atoms with Crippen molar-refractivity contribution in [3.63, 3.8) is 0 Å². The average molecular weight is 304 g/mol. The van der Waals surface area contributed by atoms with Crippen molar-refractivity contribution in [3.8, 4) is 5.75 Å². The van der Waals surface area contributed by atoms with E-state index in [-0.39, 0.29) is 5.91 Å². The van der Waals surface area contributed by atoms with E-state index >= 15 is 0 Å². The van der Waals surface area contributed by atoms with Crippen molar-refractivity contribution in [2.24, 2.45) is 0 Å². The van der Waals surface area contributed by atoms with Crippen LogP contribution in [0.1, 0.15) is 38.2 Å². The number of ether oxygens (including phenoxy) is 1. The molecule has 22 heavy (non-hydrogen) atoms. The Kier molecular flexibility index (Phi) is 6.72. The number of aryl methyl sites for hydroxylation is 1. The van der Waals surface area contributed by atoms with Crippen LogP contribution in [-0.2, 0) is 4.79 Å². The highest BCUT2D eigenvalue weighted by Crippen LogP contribution is 2.17. The Balaban J connectivity index is 1.65. The molecule has 1 heterocycles. The lowest BCUT2D eigenvalue weighted by Gasteiger charge is -2.26. The molecule has 4 heteroatoms. The summed E-state index contributed by atoms with van der Waals surface area (Å²) < 4.78 is 5.73. The first kappa shape index (κ1) is 16.8. The molecule has 1 N–H and O–H groups in total. The molecule has 1 aromatic carbocycles. The molecule has 2 rings (SSSR count). The van der Waals surface area contributed by atoms with Crippen LogP contribution in [-0.4, -0.2) is 43.1 Å². The lowest BCUT2D eigenvalue weighted by molar-refractivity contribution is -0.127. The number of likely N-dealkylation sites (tertiary alicyclic amines) is 1. The van der Waals surface area contributed by atoms with E-state index in [2.05, 4.69) is 10.2 Å². The molecular formula is C18H28N2O2. The molecule has 1 aliphatic heterocycles. The quantitative estimate of drug-likeness (QED) is 0.788. The van der Waals surface area contributed by atoms with Gasteiger partial charge < -0.3 is 15.0 Å². The van der Waals surface area contributed by atoms with Gasteiger partial charge in [-0.3, -0.25) is 4.79 Å². The summed E-state index contributed by atoms with van der Waals surface area (Å²) in [4.78, 5) is 14.5. The molecule has 0 spiro atoms. The molecule has 1 atom stereocenters. The molecule has 0 aliphatic carbocycles. The van der Waals surface area contributed by atoms with Crippen molar-refractivity contribution in [3.05, 3.63) is 29.8 Å². The Morgan fingerprint density at radius 3 is 2.73 bits per heavy atom. The van der Waals surface area contributed by atoms with Crippen LogP contribution in [0.3, 0.4) is 0 Å². The third kappa shape index (κ3) is 5.34. The Bertz CT molecular complexity index is 470. The molecule has 4 nitrogen and oxygen atoms in total. The molecule has 1 aromatic rings. The molecule has 0 unspecified atom stereocenters. The first-order valence-corrected chi connectivity index (χ1v) is 8.39. The summed E-state index contributed by atoms with van der Waals surface area (Å²) in [6.45, 7) is 8.00. The molecule has 0 bridgehead atoms. The van der Waals surface area contributed by atoms with Crippen molar-refractivity contribution in [1.82, 2.24) is 10.2 Å². The smallest absolute Gasteiger partial charge is 0.260 e. The number of benzene rings is 1. The monoisotopic (exact) mass is 304 g/mol. The standard InChI is InChI=1S/C18H28N2O2/c1-15-9-4-5-10-17(15)22-16(2)18(21)19-11-8-14-20-12-6-3-7-13-20/h4-5,9-10,16H,3,6-8,11-14H2,1-2H3,(H,19,21)/t16-/m1/s1. The number of nitrogens with zero attached hydrogens (tertiary/aromatic N) is 1. The normalized spacial score (nSPS) is 17.0. The fraction of sp³-hybridized carbons (Fsp3) is 0.611. The number of amides is 1. The molecule has 1 amide bonds. The SMILES string of the molecule is Cc1ccccc1O[C@H](C)C(=O)NCCCN1CCCCC1. The van der Waals surface area contributed by atoms with E-state index in [1.165, 1.54) is 32.4 Å². The van der Waals surface area contributed by atoms with Gasteiger partial charge in [0.1, 0.15) is 5.75 Å². The molecule has 1 aliphatic rings. The maximum Gasteiger partial charge on any atom is 0.260 e. The molecule has 0 radical (unpaired) electrons. The Morgan fingerprint density at radius 2 is 2.00 bits per heavy atom. The van der Waals surface area contributed by atoms with E-state index in [0.29, 0.717) is 0 Å². The van der Waals surface area contributed by atoms with E-state index in [1.54, 1.807) is 6.92 Å². The minimum absolute atomic E-state index is 0.0399. The van der Waals surface area contributed by atoms with Crippen LogP contribution >= 0.6 is 0 Å². The van der Waals surface area contributed by atoms with Gasteiger partial charge >= 0.3 is 0 Å². The first-order chi connectivity index (χ1) is 10.7. The number of hydrogen-bond acceptors (Lipinski definition) is 3. The van der Waals surface area contributed by atoms with E-state index in [9.17, 15) is 4.79 Å². The lowest BCUT2D eigenvalue weighted by Crippen LogP contribution is -2.38. The van der Waals surface area contributed by atoms with Gasteiger partial charge in [-0.05, 0) is 64.4 Å². The Labute approximate surface area is 133 Å². The summed E-state index contributed by atoms with van der Waals surface area (Å²) in [6, 6.07) is 7.77. The van der Waals surface area contributed by atoms with Gasteiger partial charge in [0.2, 0.25) is 0 Å².